The van der Waals surface area contributed by atoms with Crippen molar-refractivity contribution in [2.45, 2.75) is 0 Å². The summed E-state index contributed by atoms with van der Waals surface area (Å²) in [4.78, 5) is 38.3. The third kappa shape index (κ3) is 3.85. The van der Waals surface area contributed by atoms with Crippen LogP contribution in [0.4, 0.5) is 0 Å². The standard InChI is InChI=1S/C32H16N8O3.Zn/c41-14-5-8-19-22(11-14)31-36-27(19)34-25-17-3-1-2-4-18(17)26(33-25)35-30-23-12-15(42)6-9-20(23)28(37-30)39-32-24-13-16(43)7-10-21(24)29(38-31)40-32;/h1-13H,(H3-2,33,34,35,36,37,38,39,40,41,42,43);/q-2;+2. The van der Waals surface area contributed by atoms with Gasteiger partial charge >= 0.3 is 19.5 Å². The van der Waals surface area contributed by atoms with Crippen LogP contribution in [0.25, 0.3) is 89.7 Å². The normalized spacial score (nSPS) is 11.7. The smallest absolute Gasteiger partial charge is 0.508 e. The molecule has 204 valence electrons. The van der Waals surface area contributed by atoms with Gasteiger partial charge < -0.3 is 45.2 Å². The van der Waals surface area contributed by atoms with Crippen molar-refractivity contribution in [1.82, 2.24) is 39.9 Å². The molecule has 11 nitrogen and oxygen atoms in total. The topological polar surface area (TPSA) is 166 Å². The predicted octanol–water partition coefficient (Wildman–Crippen LogP) is 5.24. The fourth-order valence-corrected chi connectivity index (χ4v) is 5.58. The van der Waals surface area contributed by atoms with Gasteiger partial charge in [-0.1, -0.05) is 24.3 Å². The third-order valence-electron chi connectivity index (χ3n) is 7.56. The van der Waals surface area contributed by atoms with Crippen molar-refractivity contribution in [3.8, 4) is 62.8 Å². The second kappa shape index (κ2) is 9.38. The summed E-state index contributed by atoms with van der Waals surface area (Å²) in [7, 11) is 0. The van der Waals surface area contributed by atoms with Gasteiger partial charge in [0.1, 0.15) is 17.2 Å². The number of hydrogen-bond donors (Lipinski definition) is 3. The van der Waals surface area contributed by atoms with Gasteiger partial charge in [-0.3, -0.25) is 0 Å². The molecular formula is C32H16N8O3Zn. The van der Waals surface area contributed by atoms with Crippen molar-refractivity contribution in [2.75, 3.05) is 0 Å². The Labute approximate surface area is 259 Å². The Bertz CT molecular complexity index is 2520. The molecule has 12 heteroatoms. The molecule has 0 saturated carbocycles. The summed E-state index contributed by atoms with van der Waals surface area (Å²) in [6, 6.07) is 22.2. The van der Waals surface area contributed by atoms with Crippen LogP contribution >= 0.6 is 0 Å². The van der Waals surface area contributed by atoms with Crippen molar-refractivity contribution in [3.05, 3.63) is 78.9 Å². The van der Waals surface area contributed by atoms with Crippen LogP contribution in [-0.4, -0.2) is 45.2 Å². The molecule has 5 heterocycles. The molecule has 44 heavy (non-hydrogen) atoms. The van der Waals surface area contributed by atoms with Crippen LogP contribution in [0.2, 0.25) is 0 Å². The van der Waals surface area contributed by atoms with E-state index in [1.54, 1.807) is 54.6 Å². The molecule has 2 aliphatic heterocycles. The van der Waals surface area contributed by atoms with Crippen LogP contribution < -0.4 is 9.97 Å². The van der Waals surface area contributed by atoms with Gasteiger partial charge in [0.25, 0.3) is 0 Å². The van der Waals surface area contributed by atoms with Crippen LogP contribution in [0.3, 0.4) is 0 Å². The average Bonchev–Trinajstić information content (AvgIpc) is 3.72. The molecule has 0 atom stereocenters. The summed E-state index contributed by atoms with van der Waals surface area (Å²) in [5.41, 5.74) is 3.94. The minimum absolute atomic E-state index is 0. The summed E-state index contributed by atoms with van der Waals surface area (Å²) in [6.45, 7) is 0. The summed E-state index contributed by atoms with van der Waals surface area (Å²) in [5.74, 6) is 1.50. The first-order valence-electron chi connectivity index (χ1n) is 13.3. The number of aromatic nitrogens is 8. The minimum Gasteiger partial charge on any atom is -0.508 e. The number of fused-ring (bicyclic) bond motifs is 20. The van der Waals surface area contributed by atoms with E-state index < -0.39 is 0 Å². The molecule has 8 bridgehead atoms. The molecular weight excluding hydrogens is 610 g/mol. The Morgan fingerprint density at radius 3 is 1.27 bits per heavy atom. The Morgan fingerprint density at radius 1 is 0.386 bits per heavy atom. The fraction of sp³-hybridized carbons (Fsp3) is 0. The molecule has 9 rings (SSSR count). The van der Waals surface area contributed by atoms with E-state index in [1.807, 2.05) is 24.3 Å². The molecule has 0 aliphatic carbocycles. The Morgan fingerprint density at radius 2 is 0.773 bits per heavy atom. The fourth-order valence-electron chi connectivity index (χ4n) is 5.58. The van der Waals surface area contributed by atoms with E-state index >= 15 is 0 Å². The molecule has 0 fully saturated rings. The van der Waals surface area contributed by atoms with E-state index in [2.05, 4.69) is 0 Å². The van der Waals surface area contributed by atoms with E-state index in [4.69, 9.17) is 39.9 Å². The van der Waals surface area contributed by atoms with Crippen LogP contribution in [0.15, 0.2) is 78.9 Å². The zero-order chi connectivity index (χ0) is 28.8. The van der Waals surface area contributed by atoms with Gasteiger partial charge in [-0.2, -0.15) is 0 Å². The van der Waals surface area contributed by atoms with Gasteiger partial charge in [0.15, 0.2) is 0 Å². The van der Waals surface area contributed by atoms with Crippen LogP contribution in [0, 0.1) is 0 Å². The van der Waals surface area contributed by atoms with E-state index in [0.717, 1.165) is 10.8 Å². The molecule has 4 aromatic carbocycles. The number of rotatable bonds is 0. The molecule has 3 N–H and O–H groups in total. The number of phenols is 3. The first kappa shape index (κ1) is 25.9. The van der Waals surface area contributed by atoms with Gasteiger partial charge in [-0.25, -0.2) is 9.97 Å². The van der Waals surface area contributed by atoms with E-state index in [9.17, 15) is 15.3 Å². The quantitative estimate of drug-likeness (QED) is 0.189. The van der Waals surface area contributed by atoms with E-state index in [-0.39, 0.29) is 36.7 Å². The summed E-state index contributed by atoms with van der Waals surface area (Å²) >= 11 is 0. The zero-order valence-corrected chi connectivity index (χ0v) is 25.6. The maximum atomic E-state index is 10.3. The number of nitrogens with zero attached hydrogens (tertiary/aromatic N) is 8. The minimum atomic E-state index is 0. The van der Waals surface area contributed by atoms with Gasteiger partial charge in [-0.05, 0) is 76.1 Å². The van der Waals surface area contributed by atoms with Crippen molar-refractivity contribution >= 4 is 44.1 Å². The SMILES string of the molecule is Oc1ccc2c(c1)-c1nc-2nc2[n-]c(nc3nc(nc4[n-]c(n1)c1ccccc41)-c1ccc(O)cc1-3)c1ccc(O)cc21.[Zn+2]. The monoisotopic (exact) mass is 624 g/mol. The molecule has 7 aromatic rings. The second-order valence-electron chi connectivity index (χ2n) is 10.2. The maximum Gasteiger partial charge on any atom is 2.00 e. The maximum absolute atomic E-state index is 10.3. The molecule has 0 saturated heterocycles. The van der Waals surface area contributed by atoms with Crippen LogP contribution in [0.1, 0.15) is 0 Å². The predicted molar refractivity (Wildman–Crippen MR) is 159 cm³/mol. The molecule has 0 radical (unpaired) electrons. The van der Waals surface area contributed by atoms with Gasteiger partial charge in [0.2, 0.25) is 0 Å². The number of phenolic OH excluding ortho intramolecular Hbond substituents is 3. The van der Waals surface area contributed by atoms with Crippen molar-refractivity contribution in [3.63, 3.8) is 0 Å². The summed E-state index contributed by atoms with van der Waals surface area (Å²) < 4.78 is 0. The van der Waals surface area contributed by atoms with Crippen LogP contribution in [0.5, 0.6) is 17.2 Å². The molecule has 2 aliphatic rings. The van der Waals surface area contributed by atoms with Crippen molar-refractivity contribution in [1.29, 1.82) is 0 Å². The van der Waals surface area contributed by atoms with E-state index in [1.165, 1.54) is 0 Å². The number of hydrogen-bond acceptors (Lipinski definition) is 9. The number of benzene rings is 4. The van der Waals surface area contributed by atoms with Gasteiger partial charge in [0, 0.05) is 44.8 Å². The first-order chi connectivity index (χ1) is 21.0. The van der Waals surface area contributed by atoms with Gasteiger partial charge in [-0.15, -0.1) is 0 Å². The largest absolute Gasteiger partial charge is 2.00 e. The average molecular weight is 626 g/mol. The summed E-state index contributed by atoms with van der Waals surface area (Å²) in [5, 5.41) is 33.7. The van der Waals surface area contributed by atoms with E-state index in [0.29, 0.717) is 78.9 Å². The summed E-state index contributed by atoms with van der Waals surface area (Å²) in [6.07, 6.45) is 0. The third-order valence-corrected chi connectivity index (χ3v) is 7.56. The first-order valence-corrected chi connectivity index (χ1v) is 13.3. The van der Waals surface area contributed by atoms with Crippen molar-refractivity contribution in [2.24, 2.45) is 0 Å². The number of aromatic hydroxyl groups is 3. The Hall–Kier alpha value is -5.74. The molecule has 0 spiro atoms. The Balaban J connectivity index is 0.00000289. The van der Waals surface area contributed by atoms with Crippen molar-refractivity contribution < 1.29 is 34.8 Å². The molecule has 3 aromatic heterocycles. The molecule has 0 amide bonds. The van der Waals surface area contributed by atoms with Gasteiger partial charge in [0.05, 0.1) is 23.3 Å². The Kier molecular flexibility index (Phi) is 5.53. The zero-order valence-electron chi connectivity index (χ0n) is 22.6. The second-order valence-corrected chi connectivity index (χ2v) is 10.2. The molecule has 0 unspecified atom stereocenters. The van der Waals surface area contributed by atoms with Crippen LogP contribution in [-0.2, 0) is 19.5 Å².